The molecule has 60 valence electrons. The minimum absolute atomic E-state index is 0.585. The van der Waals surface area contributed by atoms with Crippen molar-refractivity contribution in [1.82, 2.24) is 5.32 Å². The fourth-order valence-corrected chi connectivity index (χ4v) is 1.76. The van der Waals surface area contributed by atoms with E-state index >= 15 is 0 Å². The van der Waals surface area contributed by atoms with Gasteiger partial charge in [0.2, 0.25) is 0 Å². The van der Waals surface area contributed by atoms with Gasteiger partial charge < -0.3 is 9.73 Å². The molecule has 0 aromatic carbocycles. The lowest BCUT2D eigenvalue weighted by Crippen LogP contribution is -2.07. The third-order valence-corrected chi connectivity index (χ3v) is 2.48. The summed E-state index contributed by atoms with van der Waals surface area (Å²) in [6.45, 7) is 2.17. The molecule has 1 aromatic heterocycles. The molecule has 1 aliphatic heterocycles. The zero-order valence-electron chi connectivity index (χ0n) is 6.14. The highest BCUT2D eigenvalue weighted by Crippen LogP contribution is 2.25. The van der Waals surface area contributed by atoms with Crippen molar-refractivity contribution in [1.29, 1.82) is 0 Å². The Kier molecular flexibility index (Phi) is 2.00. The Balaban J connectivity index is 2.15. The molecule has 3 heteroatoms. The normalized spacial score (nSPS) is 24.3. The van der Waals surface area contributed by atoms with Gasteiger partial charge in [-0.1, -0.05) is 0 Å². The lowest BCUT2D eigenvalue weighted by molar-refractivity contribution is 0.456. The minimum Gasteiger partial charge on any atom is -0.454 e. The number of hydrogen-bond acceptors (Lipinski definition) is 2. The molecule has 1 N–H and O–H groups in total. The highest BCUT2D eigenvalue weighted by Gasteiger charge is 2.19. The van der Waals surface area contributed by atoms with Crippen LogP contribution in [0.2, 0.25) is 0 Å². The van der Waals surface area contributed by atoms with Gasteiger partial charge in [0.1, 0.15) is 5.76 Å². The standard InChI is InChI=1S/C8H10BrNO/c9-8-2-1-7(11-8)6-3-4-10-5-6/h1-2,6,10H,3-5H2. The van der Waals surface area contributed by atoms with Crippen molar-refractivity contribution < 1.29 is 4.42 Å². The van der Waals surface area contributed by atoms with Crippen molar-refractivity contribution in [2.45, 2.75) is 12.3 Å². The average molecular weight is 216 g/mol. The van der Waals surface area contributed by atoms with Gasteiger partial charge in [0.05, 0.1) is 0 Å². The van der Waals surface area contributed by atoms with E-state index in [1.165, 1.54) is 6.42 Å². The quantitative estimate of drug-likeness (QED) is 0.777. The zero-order valence-corrected chi connectivity index (χ0v) is 7.73. The van der Waals surface area contributed by atoms with Gasteiger partial charge in [-0.25, -0.2) is 0 Å². The van der Waals surface area contributed by atoms with Crippen molar-refractivity contribution in [3.8, 4) is 0 Å². The van der Waals surface area contributed by atoms with Gasteiger partial charge in [-0.15, -0.1) is 0 Å². The predicted octanol–water partition coefficient (Wildman–Crippen LogP) is 2.12. The maximum atomic E-state index is 5.44. The van der Waals surface area contributed by atoms with Crippen LogP contribution in [0.15, 0.2) is 21.2 Å². The molecule has 0 amide bonds. The van der Waals surface area contributed by atoms with E-state index in [1.54, 1.807) is 0 Å². The fraction of sp³-hybridized carbons (Fsp3) is 0.500. The van der Waals surface area contributed by atoms with Gasteiger partial charge in [0.25, 0.3) is 0 Å². The highest BCUT2D eigenvalue weighted by atomic mass is 79.9. The van der Waals surface area contributed by atoms with Gasteiger partial charge in [-0.05, 0) is 41.0 Å². The van der Waals surface area contributed by atoms with Gasteiger partial charge in [-0.2, -0.15) is 0 Å². The van der Waals surface area contributed by atoms with Crippen LogP contribution in [0.5, 0.6) is 0 Å². The summed E-state index contributed by atoms with van der Waals surface area (Å²) in [6.07, 6.45) is 1.19. The number of furan rings is 1. The Hall–Kier alpha value is -0.280. The molecule has 2 heterocycles. The first-order valence-corrected chi connectivity index (χ1v) is 4.61. The summed E-state index contributed by atoms with van der Waals surface area (Å²) < 4.78 is 6.28. The summed E-state index contributed by atoms with van der Waals surface area (Å²) in [5, 5.41) is 3.30. The number of halogens is 1. The third kappa shape index (κ3) is 1.49. The van der Waals surface area contributed by atoms with Crippen LogP contribution >= 0.6 is 15.9 Å². The van der Waals surface area contributed by atoms with Crippen LogP contribution in [0.25, 0.3) is 0 Å². The predicted molar refractivity (Wildman–Crippen MR) is 46.6 cm³/mol. The Morgan fingerprint density at radius 1 is 1.55 bits per heavy atom. The topological polar surface area (TPSA) is 25.2 Å². The minimum atomic E-state index is 0.585. The summed E-state index contributed by atoms with van der Waals surface area (Å²) in [5.74, 6) is 1.68. The van der Waals surface area contributed by atoms with Crippen LogP contribution in [0.4, 0.5) is 0 Å². The third-order valence-electron chi connectivity index (χ3n) is 2.06. The number of nitrogens with one attached hydrogen (secondary N) is 1. The van der Waals surface area contributed by atoms with Crippen molar-refractivity contribution in [3.05, 3.63) is 22.6 Å². The smallest absolute Gasteiger partial charge is 0.169 e. The Morgan fingerprint density at radius 3 is 3.00 bits per heavy atom. The van der Waals surface area contributed by atoms with Crippen molar-refractivity contribution in [2.75, 3.05) is 13.1 Å². The van der Waals surface area contributed by atoms with E-state index in [0.29, 0.717) is 5.92 Å². The van der Waals surface area contributed by atoms with Crippen LogP contribution in [0.3, 0.4) is 0 Å². The SMILES string of the molecule is Brc1ccc(C2CCNC2)o1. The second-order valence-electron chi connectivity index (χ2n) is 2.83. The molecular weight excluding hydrogens is 206 g/mol. The molecule has 11 heavy (non-hydrogen) atoms. The molecule has 2 rings (SSSR count). The fourth-order valence-electron chi connectivity index (χ4n) is 1.45. The van der Waals surface area contributed by atoms with Gasteiger partial charge in [-0.3, -0.25) is 0 Å². The molecular formula is C8H10BrNO. The number of rotatable bonds is 1. The molecule has 1 fully saturated rings. The van der Waals surface area contributed by atoms with Crippen molar-refractivity contribution in [2.24, 2.45) is 0 Å². The molecule has 0 radical (unpaired) electrons. The van der Waals surface area contributed by atoms with Crippen LogP contribution in [0, 0.1) is 0 Å². The Labute approximate surface area is 74.1 Å². The van der Waals surface area contributed by atoms with E-state index < -0.39 is 0 Å². The van der Waals surface area contributed by atoms with Crippen LogP contribution in [0.1, 0.15) is 18.1 Å². The lowest BCUT2D eigenvalue weighted by atomic mass is 10.1. The monoisotopic (exact) mass is 215 g/mol. The summed E-state index contributed by atoms with van der Waals surface area (Å²) >= 11 is 3.29. The molecule has 1 unspecified atom stereocenters. The maximum Gasteiger partial charge on any atom is 0.169 e. The second kappa shape index (κ2) is 2.99. The zero-order chi connectivity index (χ0) is 7.68. The summed E-state index contributed by atoms with van der Waals surface area (Å²) in [4.78, 5) is 0. The lowest BCUT2D eigenvalue weighted by Gasteiger charge is -2.01. The Morgan fingerprint density at radius 2 is 2.45 bits per heavy atom. The maximum absolute atomic E-state index is 5.44. The first-order chi connectivity index (χ1) is 5.36. The highest BCUT2D eigenvalue weighted by molar-refractivity contribution is 9.10. The first kappa shape index (κ1) is 7.37. The molecule has 1 aromatic rings. The molecule has 1 atom stereocenters. The molecule has 0 aliphatic carbocycles. The molecule has 2 nitrogen and oxygen atoms in total. The van der Waals surface area contributed by atoms with E-state index in [9.17, 15) is 0 Å². The molecule has 1 aliphatic rings. The van der Waals surface area contributed by atoms with E-state index in [2.05, 4.69) is 21.2 Å². The molecule has 0 bridgehead atoms. The Bertz CT molecular complexity index is 240. The van der Waals surface area contributed by atoms with Crippen LogP contribution in [-0.2, 0) is 0 Å². The van der Waals surface area contributed by atoms with Crippen LogP contribution < -0.4 is 5.32 Å². The van der Waals surface area contributed by atoms with Gasteiger partial charge in [0.15, 0.2) is 4.67 Å². The average Bonchev–Trinajstić information content (AvgIpc) is 2.55. The molecule has 1 saturated heterocycles. The molecule has 0 saturated carbocycles. The van der Waals surface area contributed by atoms with E-state index in [0.717, 1.165) is 23.5 Å². The first-order valence-electron chi connectivity index (χ1n) is 3.82. The van der Waals surface area contributed by atoms with Crippen molar-refractivity contribution in [3.63, 3.8) is 0 Å². The van der Waals surface area contributed by atoms with Gasteiger partial charge in [0, 0.05) is 12.5 Å². The second-order valence-corrected chi connectivity index (χ2v) is 3.61. The largest absolute Gasteiger partial charge is 0.454 e. The van der Waals surface area contributed by atoms with Crippen LogP contribution in [-0.4, -0.2) is 13.1 Å². The summed E-state index contributed by atoms with van der Waals surface area (Å²) in [7, 11) is 0. The summed E-state index contributed by atoms with van der Waals surface area (Å²) in [6, 6.07) is 4.00. The van der Waals surface area contributed by atoms with E-state index in [-0.39, 0.29) is 0 Å². The summed E-state index contributed by atoms with van der Waals surface area (Å²) in [5.41, 5.74) is 0. The van der Waals surface area contributed by atoms with E-state index in [4.69, 9.17) is 4.42 Å². The van der Waals surface area contributed by atoms with E-state index in [1.807, 2.05) is 12.1 Å². The van der Waals surface area contributed by atoms with Crippen molar-refractivity contribution >= 4 is 15.9 Å². The molecule has 0 spiro atoms. The number of hydrogen-bond donors (Lipinski definition) is 1. The van der Waals surface area contributed by atoms with Gasteiger partial charge >= 0.3 is 0 Å².